The van der Waals surface area contributed by atoms with Crippen molar-refractivity contribution >= 4 is 40.1 Å². The van der Waals surface area contributed by atoms with Crippen molar-refractivity contribution in [2.45, 2.75) is 11.7 Å². The molecular weight excluding hydrogens is 392 g/mol. The number of nitrogens with one attached hydrogen (secondary N) is 2. The number of benzene rings is 3. The summed E-state index contributed by atoms with van der Waals surface area (Å²) in [5, 5.41) is 3.95. The molecule has 1 aromatic heterocycles. The van der Waals surface area contributed by atoms with Crippen LogP contribution in [-0.2, 0) is 11.3 Å². The van der Waals surface area contributed by atoms with E-state index in [2.05, 4.69) is 39.1 Å². The van der Waals surface area contributed by atoms with Crippen molar-refractivity contribution in [3.63, 3.8) is 0 Å². The van der Waals surface area contributed by atoms with Crippen LogP contribution in [0.3, 0.4) is 0 Å². The minimum Gasteiger partial charge on any atom is -0.378 e. The van der Waals surface area contributed by atoms with Crippen molar-refractivity contribution in [3.05, 3.63) is 84.4 Å². The van der Waals surface area contributed by atoms with Crippen molar-refractivity contribution in [1.82, 2.24) is 4.98 Å². The molecule has 2 N–H and O–H groups in total. The van der Waals surface area contributed by atoms with Crippen LogP contribution in [0.25, 0.3) is 11.0 Å². The summed E-state index contributed by atoms with van der Waals surface area (Å²) < 4.78 is 2.23. The lowest BCUT2D eigenvalue weighted by Crippen LogP contribution is -2.35. The molecule has 0 bridgehead atoms. The third kappa shape index (κ3) is 4.66. The molecule has 0 radical (unpaired) electrons. The molecule has 3 aromatic carbocycles. The van der Waals surface area contributed by atoms with Crippen LogP contribution in [0, 0.1) is 0 Å². The van der Waals surface area contributed by atoms with E-state index in [1.807, 2.05) is 73.6 Å². The zero-order chi connectivity index (χ0) is 20.9. The number of anilines is 2. The zero-order valence-corrected chi connectivity index (χ0v) is 17.9. The molecule has 30 heavy (non-hydrogen) atoms. The molecule has 6 heteroatoms. The Hall–Kier alpha value is -3.25. The molecule has 152 valence electrons. The predicted octanol–water partition coefficient (Wildman–Crippen LogP) is 4.30. The van der Waals surface area contributed by atoms with Gasteiger partial charge in [0, 0.05) is 25.5 Å². The number of amides is 1. The Bertz CT molecular complexity index is 1140. The van der Waals surface area contributed by atoms with Gasteiger partial charge in [-0.25, -0.2) is 9.55 Å². The van der Waals surface area contributed by atoms with Crippen LogP contribution < -0.4 is 14.8 Å². The van der Waals surface area contributed by atoms with E-state index in [-0.39, 0.29) is 5.91 Å². The summed E-state index contributed by atoms with van der Waals surface area (Å²) >= 11 is 1.51. The Labute approximate surface area is 180 Å². The minimum absolute atomic E-state index is 0.0254. The molecule has 0 spiro atoms. The summed E-state index contributed by atoms with van der Waals surface area (Å²) in [5.41, 5.74) is 5.32. The summed E-state index contributed by atoms with van der Waals surface area (Å²) in [7, 11) is 3.99. The monoisotopic (exact) mass is 417 g/mol. The number of hydrogen-bond donors (Lipinski definition) is 2. The lowest BCUT2D eigenvalue weighted by molar-refractivity contribution is -0.700. The van der Waals surface area contributed by atoms with E-state index in [9.17, 15) is 4.79 Å². The molecular formula is C24H25N4OS+. The number of para-hydroxylation sites is 2. The van der Waals surface area contributed by atoms with Crippen LogP contribution in [0.15, 0.2) is 84.0 Å². The van der Waals surface area contributed by atoms with Gasteiger partial charge in [-0.15, -0.1) is 0 Å². The first kappa shape index (κ1) is 20.0. The maximum Gasteiger partial charge on any atom is 0.317 e. The zero-order valence-electron chi connectivity index (χ0n) is 17.1. The molecule has 4 rings (SSSR count). The van der Waals surface area contributed by atoms with Gasteiger partial charge in [0.2, 0.25) is 5.91 Å². The van der Waals surface area contributed by atoms with Gasteiger partial charge in [0.05, 0.1) is 5.75 Å². The van der Waals surface area contributed by atoms with E-state index >= 15 is 0 Å². The highest BCUT2D eigenvalue weighted by molar-refractivity contribution is 7.99. The Morgan fingerprint density at radius 1 is 0.967 bits per heavy atom. The lowest BCUT2D eigenvalue weighted by Gasteiger charge is -2.12. The van der Waals surface area contributed by atoms with E-state index in [0.29, 0.717) is 5.75 Å². The van der Waals surface area contributed by atoms with E-state index in [4.69, 9.17) is 0 Å². The number of imidazole rings is 1. The molecule has 1 amide bonds. The fourth-order valence-corrected chi connectivity index (χ4v) is 4.16. The third-order valence-electron chi connectivity index (χ3n) is 4.87. The first-order valence-corrected chi connectivity index (χ1v) is 10.8. The van der Waals surface area contributed by atoms with Gasteiger partial charge in [-0.1, -0.05) is 42.5 Å². The van der Waals surface area contributed by atoms with Crippen LogP contribution in [0.2, 0.25) is 0 Å². The van der Waals surface area contributed by atoms with Gasteiger partial charge in [-0.05, 0) is 53.7 Å². The van der Waals surface area contributed by atoms with E-state index in [0.717, 1.165) is 34.1 Å². The number of rotatable bonds is 7. The molecule has 5 nitrogen and oxygen atoms in total. The number of thioether (sulfide) groups is 1. The highest BCUT2D eigenvalue weighted by atomic mass is 32.2. The molecule has 0 aliphatic rings. The molecule has 0 fully saturated rings. The molecule has 0 saturated heterocycles. The third-order valence-corrected chi connectivity index (χ3v) is 5.87. The molecule has 0 unspecified atom stereocenters. The average Bonchev–Trinajstić information content (AvgIpc) is 3.11. The van der Waals surface area contributed by atoms with Gasteiger partial charge >= 0.3 is 5.16 Å². The second-order valence-corrected chi connectivity index (χ2v) is 8.26. The average molecular weight is 418 g/mol. The highest BCUT2D eigenvalue weighted by Crippen LogP contribution is 2.20. The highest BCUT2D eigenvalue weighted by Gasteiger charge is 2.20. The second kappa shape index (κ2) is 9.05. The van der Waals surface area contributed by atoms with Crippen molar-refractivity contribution in [2.75, 3.05) is 30.1 Å². The minimum atomic E-state index is -0.0254. The smallest absolute Gasteiger partial charge is 0.317 e. The van der Waals surface area contributed by atoms with Crippen LogP contribution >= 0.6 is 11.8 Å². The topological polar surface area (TPSA) is 52.0 Å². The number of nitrogens with zero attached hydrogens (tertiary/aromatic N) is 2. The summed E-state index contributed by atoms with van der Waals surface area (Å²) in [6, 6.07) is 26.4. The number of hydrogen-bond acceptors (Lipinski definition) is 3. The summed E-state index contributed by atoms with van der Waals surface area (Å²) in [4.78, 5) is 18.0. The van der Waals surface area contributed by atoms with Gasteiger partial charge in [-0.3, -0.25) is 4.79 Å². The Balaban J connectivity index is 1.48. The van der Waals surface area contributed by atoms with Crippen LogP contribution in [-0.4, -0.2) is 30.7 Å². The lowest BCUT2D eigenvalue weighted by atomic mass is 10.2. The van der Waals surface area contributed by atoms with Crippen LogP contribution in [0.4, 0.5) is 11.4 Å². The van der Waals surface area contributed by atoms with Gasteiger partial charge in [0.1, 0.15) is 6.54 Å². The summed E-state index contributed by atoms with van der Waals surface area (Å²) in [5.74, 6) is 0.305. The van der Waals surface area contributed by atoms with E-state index in [1.54, 1.807) is 0 Å². The number of H-pyrrole nitrogens is 1. The normalized spacial score (nSPS) is 10.9. The van der Waals surface area contributed by atoms with Crippen molar-refractivity contribution in [1.29, 1.82) is 0 Å². The number of aromatic amines is 1. The quantitative estimate of drug-likeness (QED) is 0.348. The summed E-state index contributed by atoms with van der Waals surface area (Å²) in [6.45, 7) is 0.751. The van der Waals surface area contributed by atoms with Crippen LogP contribution in [0.1, 0.15) is 5.56 Å². The van der Waals surface area contributed by atoms with E-state index in [1.165, 1.54) is 17.3 Å². The fourth-order valence-electron chi connectivity index (χ4n) is 3.32. The van der Waals surface area contributed by atoms with Crippen LogP contribution in [0.5, 0.6) is 0 Å². The molecule has 4 aromatic rings. The van der Waals surface area contributed by atoms with Gasteiger partial charge in [-0.2, -0.15) is 0 Å². The van der Waals surface area contributed by atoms with Crippen molar-refractivity contribution in [3.8, 4) is 0 Å². The number of aromatic nitrogens is 2. The molecule has 1 heterocycles. The van der Waals surface area contributed by atoms with Gasteiger partial charge < -0.3 is 10.2 Å². The maximum absolute atomic E-state index is 12.5. The number of carbonyl (C=O) groups excluding carboxylic acids is 1. The number of fused-ring (bicyclic) bond motifs is 1. The summed E-state index contributed by atoms with van der Waals surface area (Å²) in [6.07, 6.45) is 0. The molecule has 0 aliphatic carbocycles. The Morgan fingerprint density at radius 2 is 1.67 bits per heavy atom. The Kier molecular flexibility index (Phi) is 6.05. The van der Waals surface area contributed by atoms with Gasteiger partial charge in [0.25, 0.3) is 0 Å². The predicted molar refractivity (Wildman–Crippen MR) is 124 cm³/mol. The van der Waals surface area contributed by atoms with Gasteiger partial charge in [0.15, 0.2) is 11.0 Å². The largest absolute Gasteiger partial charge is 0.378 e. The maximum atomic E-state index is 12.5. The SMILES string of the molecule is CN(C)c1ccc(NC(=O)CSc2[nH]c3ccccc3[n+]2Cc2ccccc2)cc1. The fraction of sp³-hybridized carbons (Fsp3) is 0.167. The first-order valence-electron chi connectivity index (χ1n) is 9.84. The molecule has 0 saturated carbocycles. The first-order chi connectivity index (χ1) is 14.6. The van der Waals surface area contributed by atoms with Crippen molar-refractivity contribution in [2.24, 2.45) is 0 Å². The number of carbonyl (C=O) groups is 1. The standard InChI is InChI=1S/C24H24N4OS/c1-27(2)20-14-12-19(13-15-20)25-23(29)17-30-24-26-21-10-6-7-11-22(21)28(24)16-18-8-4-3-5-9-18/h3-15H,16-17H2,1-2H3,(H,25,29)/p+1. The second-order valence-electron chi connectivity index (χ2n) is 7.30. The van der Waals surface area contributed by atoms with Crippen molar-refractivity contribution < 1.29 is 9.36 Å². The van der Waals surface area contributed by atoms with E-state index < -0.39 is 0 Å². The Morgan fingerprint density at radius 3 is 2.40 bits per heavy atom. The molecule has 0 aliphatic heterocycles. The molecule has 0 atom stereocenters.